The van der Waals surface area contributed by atoms with Gasteiger partial charge in [0.2, 0.25) is 0 Å². The predicted molar refractivity (Wildman–Crippen MR) is 178 cm³/mol. The molecule has 4 aliphatic carbocycles. The van der Waals surface area contributed by atoms with Crippen LogP contribution in [-0.4, -0.2) is 10.2 Å². The quantitative estimate of drug-likeness (QED) is 0.206. The van der Waals surface area contributed by atoms with Gasteiger partial charge in [-0.25, -0.2) is 0 Å². The zero-order chi connectivity index (χ0) is 28.8. The molecule has 5 aliphatic rings. The third kappa shape index (κ3) is 3.49. The van der Waals surface area contributed by atoms with Gasteiger partial charge < -0.3 is 4.74 Å². The summed E-state index contributed by atoms with van der Waals surface area (Å²) in [4.78, 5) is 0. The Morgan fingerprint density at radius 3 is 1.98 bits per heavy atom. The molecule has 0 saturated heterocycles. The number of hydrogen-bond acceptors (Lipinski definition) is 4. The van der Waals surface area contributed by atoms with E-state index in [2.05, 4.69) is 101 Å². The molecule has 44 heavy (non-hydrogen) atoms. The first kappa shape index (κ1) is 25.1. The third-order valence-electron chi connectivity index (χ3n) is 11.3. The molecule has 11 rings (SSSR count). The number of para-hydroxylation sites is 1. The lowest BCUT2D eigenvalue weighted by molar-refractivity contribution is -0.0452. The topological polar surface area (TPSA) is 35.0 Å². The van der Waals surface area contributed by atoms with Crippen molar-refractivity contribution in [3.63, 3.8) is 0 Å². The Balaban J connectivity index is 1.10. The molecule has 4 fully saturated rings. The van der Waals surface area contributed by atoms with Crippen molar-refractivity contribution in [1.29, 1.82) is 0 Å². The normalized spacial score (nSPS) is 26.0. The van der Waals surface area contributed by atoms with Gasteiger partial charge in [0, 0.05) is 27.7 Å². The van der Waals surface area contributed by atoms with Gasteiger partial charge in [-0.2, -0.15) is 0 Å². The van der Waals surface area contributed by atoms with Crippen molar-refractivity contribution >= 4 is 22.1 Å². The summed E-state index contributed by atoms with van der Waals surface area (Å²) in [5, 5.41) is 13.5. The Hall–Kier alpha value is -4.28. The summed E-state index contributed by atoms with van der Waals surface area (Å²) in [6.07, 6.45) is 6.93. The van der Waals surface area contributed by atoms with Crippen molar-refractivity contribution < 1.29 is 4.74 Å². The van der Waals surface area contributed by atoms with E-state index in [1.807, 2.05) is 18.2 Å². The van der Waals surface area contributed by atoms with Crippen LogP contribution in [0.25, 0.3) is 43.0 Å². The van der Waals surface area contributed by atoms with Gasteiger partial charge in [0.05, 0.1) is 0 Å². The van der Waals surface area contributed by atoms with E-state index < -0.39 is 0 Å². The molecule has 0 amide bonds. The molecule has 1 aromatic heterocycles. The highest BCUT2D eigenvalue weighted by Gasteiger charge is 2.61. The van der Waals surface area contributed by atoms with Crippen LogP contribution in [0.5, 0.6) is 11.5 Å². The molecular weight excluding hydrogens is 557 g/mol. The minimum Gasteiger partial charge on any atom is -0.457 e. The van der Waals surface area contributed by atoms with Crippen molar-refractivity contribution in [2.45, 2.75) is 37.5 Å². The number of ether oxygens (including phenoxy) is 1. The summed E-state index contributed by atoms with van der Waals surface area (Å²) in [7, 11) is 0. The van der Waals surface area contributed by atoms with Crippen LogP contribution in [0.1, 0.15) is 43.2 Å². The Bertz CT molecular complexity index is 2050. The first-order valence-electron chi connectivity index (χ1n) is 16.1. The molecule has 6 aromatic rings. The van der Waals surface area contributed by atoms with Crippen LogP contribution in [0, 0.1) is 23.7 Å². The van der Waals surface area contributed by atoms with Crippen LogP contribution in [0.15, 0.2) is 109 Å². The lowest BCUT2D eigenvalue weighted by Gasteiger charge is -2.63. The highest BCUT2D eigenvalue weighted by Crippen LogP contribution is 2.68. The second kappa shape index (κ2) is 9.36. The molecule has 3 nitrogen and oxygen atoms in total. The highest BCUT2D eigenvalue weighted by molar-refractivity contribution is 7.18. The van der Waals surface area contributed by atoms with Gasteiger partial charge in [-0.1, -0.05) is 108 Å². The number of nitrogens with zero attached hydrogens (tertiary/aromatic N) is 2. The molecule has 0 unspecified atom stereocenters. The molecule has 4 heteroatoms. The average Bonchev–Trinajstić information content (AvgIpc) is 3.56. The summed E-state index contributed by atoms with van der Waals surface area (Å²) in [6, 6.07) is 39.6. The lowest BCUT2D eigenvalue weighted by Crippen LogP contribution is -2.56. The Morgan fingerprint density at radius 1 is 0.545 bits per heavy atom. The number of benzene rings is 5. The molecule has 214 valence electrons. The number of fused-ring (bicyclic) bond motifs is 3. The van der Waals surface area contributed by atoms with Crippen molar-refractivity contribution in [2.75, 3.05) is 0 Å². The first-order valence-corrected chi connectivity index (χ1v) is 16.9. The first-order chi connectivity index (χ1) is 21.8. The van der Waals surface area contributed by atoms with Gasteiger partial charge in [0.1, 0.15) is 21.5 Å². The SMILES string of the molecule is c1ccc(-c2nnc(-c3ccc(-c4ccc5c(c4)Oc4ccccc4C54C5CC6CC(C5)CC4C6)c4ccccc34)s2)cc1. The van der Waals surface area contributed by atoms with E-state index in [1.54, 1.807) is 11.3 Å². The maximum Gasteiger partial charge on any atom is 0.148 e. The standard InChI is InChI=1S/C40H32N2OS/c1-2-8-26(9-3-1)38-41-42-39(44-38)33-16-15-30(31-10-4-5-11-32(31)33)27-14-17-35-37(23-27)43-36-13-7-6-12-34(36)40(35)28-19-24-18-25(21-28)22-29(40)20-24/h1-17,23-25,28-29H,18-22H2. The van der Waals surface area contributed by atoms with Crippen LogP contribution in [0.3, 0.4) is 0 Å². The van der Waals surface area contributed by atoms with Crippen molar-refractivity contribution in [3.05, 3.63) is 120 Å². The number of aromatic nitrogens is 2. The molecule has 0 radical (unpaired) electrons. The van der Waals surface area contributed by atoms with Gasteiger partial charge in [0.15, 0.2) is 0 Å². The van der Waals surface area contributed by atoms with E-state index >= 15 is 0 Å². The summed E-state index contributed by atoms with van der Waals surface area (Å²) >= 11 is 1.65. The smallest absolute Gasteiger partial charge is 0.148 e. The maximum atomic E-state index is 6.80. The van der Waals surface area contributed by atoms with Crippen LogP contribution in [0.2, 0.25) is 0 Å². The molecule has 1 spiro atoms. The van der Waals surface area contributed by atoms with Gasteiger partial charge >= 0.3 is 0 Å². The second-order valence-corrected chi connectivity index (χ2v) is 14.4. The molecule has 4 saturated carbocycles. The van der Waals surface area contributed by atoms with Gasteiger partial charge in [0.25, 0.3) is 0 Å². The Kier molecular flexibility index (Phi) is 5.34. The van der Waals surface area contributed by atoms with Gasteiger partial charge in [-0.3, -0.25) is 0 Å². The summed E-state index contributed by atoms with van der Waals surface area (Å²) in [6.45, 7) is 0. The largest absolute Gasteiger partial charge is 0.457 e. The molecule has 1 aliphatic heterocycles. The number of hydrogen-bond donors (Lipinski definition) is 0. The van der Waals surface area contributed by atoms with Crippen molar-refractivity contribution in [3.8, 4) is 43.8 Å². The third-order valence-corrected chi connectivity index (χ3v) is 12.3. The second-order valence-electron chi connectivity index (χ2n) is 13.5. The molecular formula is C40H32N2OS. The highest BCUT2D eigenvalue weighted by atomic mass is 32.1. The van der Waals surface area contributed by atoms with E-state index in [1.165, 1.54) is 65.1 Å². The van der Waals surface area contributed by atoms with E-state index in [4.69, 9.17) is 4.74 Å². The van der Waals surface area contributed by atoms with Gasteiger partial charge in [-0.15, -0.1) is 10.2 Å². The van der Waals surface area contributed by atoms with Crippen molar-refractivity contribution in [1.82, 2.24) is 10.2 Å². The molecule has 0 N–H and O–H groups in total. The summed E-state index contributed by atoms with van der Waals surface area (Å²) in [5.41, 5.74) is 7.60. The number of rotatable bonds is 3. The fourth-order valence-electron chi connectivity index (χ4n) is 9.85. The molecule has 0 atom stereocenters. The fourth-order valence-corrected chi connectivity index (χ4v) is 10.7. The molecule has 2 heterocycles. The predicted octanol–water partition coefficient (Wildman–Crippen LogP) is 10.5. The van der Waals surface area contributed by atoms with E-state index in [9.17, 15) is 0 Å². The van der Waals surface area contributed by atoms with E-state index in [0.717, 1.165) is 44.5 Å². The Morgan fingerprint density at radius 2 is 1.18 bits per heavy atom. The molecule has 4 bridgehead atoms. The maximum absolute atomic E-state index is 6.80. The lowest BCUT2D eigenvalue weighted by atomic mass is 9.42. The minimum atomic E-state index is 0.0797. The fraction of sp³-hybridized carbons (Fsp3) is 0.250. The summed E-state index contributed by atoms with van der Waals surface area (Å²) < 4.78 is 6.80. The minimum absolute atomic E-state index is 0.0797. The van der Waals surface area contributed by atoms with Crippen LogP contribution >= 0.6 is 11.3 Å². The van der Waals surface area contributed by atoms with Crippen molar-refractivity contribution in [2.24, 2.45) is 23.7 Å². The average molecular weight is 589 g/mol. The Labute approximate surface area is 261 Å². The zero-order valence-electron chi connectivity index (χ0n) is 24.4. The van der Waals surface area contributed by atoms with E-state index in [0.29, 0.717) is 11.8 Å². The zero-order valence-corrected chi connectivity index (χ0v) is 25.3. The van der Waals surface area contributed by atoms with Crippen LogP contribution < -0.4 is 4.74 Å². The van der Waals surface area contributed by atoms with E-state index in [-0.39, 0.29) is 5.41 Å². The van der Waals surface area contributed by atoms with Crippen LogP contribution in [-0.2, 0) is 5.41 Å². The van der Waals surface area contributed by atoms with Crippen LogP contribution in [0.4, 0.5) is 0 Å². The molecule has 5 aromatic carbocycles. The summed E-state index contributed by atoms with van der Waals surface area (Å²) in [5.74, 6) is 5.38. The van der Waals surface area contributed by atoms with Gasteiger partial charge in [-0.05, 0) is 89.8 Å². The monoisotopic (exact) mass is 588 g/mol.